The maximum Gasteiger partial charge on any atom is 0.159 e. The number of hydrogen-bond acceptors (Lipinski definition) is 4. The van der Waals surface area contributed by atoms with Crippen LogP contribution in [-0.2, 0) is 15.6 Å². The summed E-state index contributed by atoms with van der Waals surface area (Å²) in [6, 6.07) is 4.97. The minimum Gasteiger partial charge on any atom is -0.496 e. The zero-order chi connectivity index (χ0) is 15.5. The molecule has 1 saturated carbocycles. The van der Waals surface area contributed by atoms with Gasteiger partial charge in [-0.1, -0.05) is 19.3 Å². The lowest BCUT2D eigenvalue weighted by Crippen LogP contribution is -2.25. The molecule has 0 heterocycles. The molecule has 116 valence electrons. The third-order valence-electron chi connectivity index (χ3n) is 4.10. The van der Waals surface area contributed by atoms with Crippen molar-refractivity contribution < 1.29 is 17.9 Å². The van der Waals surface area contributed by atoms with Crippen LogP contribution in [-0.4, -0.2) is 26.6 Å². The number of ketones is 1. The number of rotatable bonds is 5. The molecule has 2 rings (SSSR count). The van der Waals surface area contributed by atoms with Crippen LogP contribution < -0.4 is 4.74 Å². The Morgan fingerprint density at radius 3 is 2.48 bits per heavy atom. The second-order valence-electron chi connectivity index (χ2n) is 5.65. The summed E-state index contributed by atoms with van der Waals surface area (Å²) < 4.78 is 30.4. The van der Waals surface area contributed by atoms with Crippen molar-refractivity contribution in [3.05, 3.63) is 29.3 Å². The van der Waals surface area contributed by atoms with Crippen molar-refractivity contribution in [3.8, 4) is 5.75 Å². The van der Waals surface area contributed by atoms with Gasteiger partial charge < -0.3 is 4.74 Å². The van der Waals surface area contributed by atoms with Gasteiger partial charge in [-0.3, -0.25) is 4.79 Å². The van der Waals surface area contributed by atoms with Gasteiger partial charge in [-0.2, -0.15) is 0 Å². The lowest BCUT2D eigenvalue weighted by atomic mass is 10.0. The van der Waals surface area contributed by atoms with Crippen LogP contribution in [0.25, 0.3) is 0 Å². The van der Waals surface area contributed by atoms with Crippen LogP contribution in [0.2, 0.25) is 0 Å². The highest BCUT2D eigenvalue weighted by atomic mass is 32.2. The van der Waals surface area contributed by atoms with Crippen LogP contribution in [0, 0.1) is 0 Å². The van der Waals surface area contributed by atoms with E-state index in [9.17, 15) is 13.2 Å². The molecule has 1 aliphatic rings. The third-order valence-corrected chi connectivity index (χ3v) is 6.30. The van der Waals surface area contributed by atoms with E-state index >= 15 is 0 Å². The summed E-state index contributed by atoms with van der Waals surface area (Å²) in [4.78, 5) is 11.5. The Balaban J connectivity index is 2.28. The summed E-state index contributed by atoms with van der Waals surface area (Å²) in [5, 5.41) is -0.253. The normalized spacial score (nSPS) is 16.7. The number of methoxy groups -OCH3 is 1. The van der Waals surface area contributed by atoms with E-state index < -0.39 is 9.84 Å². The van der Waals surface area contributed by atoms with E-state index in [0.717, 1.165) is 32.1 Å². The molecule has 1 aromatic carbocycles. The van der Waals surface area contributed by atoms with E-state index in [1.807, 2.05) is 0 Å². The second kappa shape index (κ2) is 6.60. The smallest absolute Gasteiger partial charge is 0.159 e. The Kier molecular flexibility index (Phi) is 5.04. The Morgan fingerprint density at radius 1 is 1.24 bits per heavy atom. The molecule has 0 amide bonds. The van der Waals surface area contributed by atoms with Crippen molar-refractivity contribution >= 4 is 15.6 Å². The van der Waals surface area contributed by atoms with Crippen LogP contribution in [0.4, 0.5) is 0 Å². The van der Waals surface area contributed by atoms with Crippen LogP contribution in [0.15, 0.2) is 18.2 Å². The molecule has 0 aromatic heterocycles. The van der Waals surface area contributed by atoms with E-state index in [4.69, 9.17) is 4.74 Å². The number of hydrogen-bond donors (Lipinski definition) is 0. The zero-order valence-electron chi connectivity index (χ0n) is 12.6. The fraction of sp³-hybridized carbons (Fsp3) is 0.562. The number of ether oxygens (including phenoxy) is 1. The maximum atomic E-state index is 12.6. The molecule has 0 atom stereocenters. The molecule has 0 spiro atoms. The van der Waals surface area contributed by atoms with E-state index in [1.54, 1.807) is 18.2 Å². The van der Waals surface area contributed by atoms with Gasteiger partial charge in [0.2, 0.25) is 0 Å². The summed E-state index contributed by atoms with van der Waals surface area (Å²) in [6.45, 7) is 1.47. The minimum absolute atomic E-state index is 0.0536. The Labute approximate surface area is 126 Å². The van der Waals surface area contributed by atoms with E-state index in [-0.39, 0.29) is 16.8 Å². The number of carbonyl (C=O) groups excluding carboxylic acids is 1. The van der Waals surface area contributed by atoms with E-state index in [2.05, 4.69) is 0 Å². The first-order valence-electron chi connectivity index (χ1n) is 7.33. The maximum absolute atomic E-state index is 12.6. The topological polar surface area (TPSA) is 60.4 Å². The molecular formula is C16H22O4S. The van der Waals surface area contributed by atoms with Gasteiger partial charge in [0.25, 0.3) is 0 Å². The molecule has 5 heteroatoms. The molecule has 0 bridgehead atoms. The summed E-state index contributed by atoms with van der Waals surface area (Å²) in [5.41, 5.74) is 1.10. The van der Waals surface area contributed by atoms with Gasteiger partial charge in [0.1, 0.15) is 5.75 Å². The van der Waals surface area contributed by atoms with Crippen LogP contribution in [0.1, 0.15) is 54.9 Å². The Hall–Kier alpha value is -1.36. The largest absolute Gasteiger partial charge is 0.496 e. The first kappa shape index (κ1) is 16.0. The number of benzene rings is 1. The molecule has 0 radical (unpaired) electrons. The first-order chi connectivity index (χ1) is 9.94. The summed E-state index contributed by atoms with van der Waals surface area (Å²) in [5.74, 6) is 0.399. The number of sulfone groups is 1. The molecule has 0 N–H and O–H groups in total. The van der Waals surface area contributed by atoms with Gasteiger partial charge in [0.05, 0.1) is 18.1 Å². The Morgan fingerprint density at radius 2 is 1.90 bits per heavy atom. The standard InChI is InChI=1S/C16H22O4S/c1-12(17)13-8-9-16(20-2)14(10-13)11-21(18,19)15-6-4-3-5-7-15/h8-10,15H,3-7,11H2,1-2H3. The fourth-order valence-electron chi connectivity index (χ4n) is 2.87. The summed E-state index contributed by atoms with van der Waals surface area (Å²) >= 11 is 0. The average molecular weight is 310 g/mol. The van der Waals surface area contributed by atoms with E-state index in [1.165, 1.54) is 14.0 Å². The van der Waals surface area contributed by atoms with Gasteiger partial charge in [0.15, 0.2) is 15.6 Å². The quantitative estimate of drug-likeness (QED) is 0.784. The summed E-state index contributed by atoms with van der Waals surface area (Å²) in [6.07, 6.45) is 4.58. The highest BCUT2D eigenvalue weighted by Crippen LogP contribution is 2.29. The highest BCUT2D eigenvalue weighted by molar-refractivity contribution is 7.91. The fourth-order valence-corrected chi connectivity index (χ4v) is 4.82. The second-order valence-corrected chi connectivity index (χ2v) is 7.93. The molecule has 4 nitrogen and oxygen atoms in total. The predicted molar refractivity (Wildman–Crippen MR) is 82.5 cm³/mol. The van der Waals surface area contributed by atoms with Gasteiger partial charge >= 0.3 is 0 Å². The van der Waals surface area contributed by atoms with Gasteiger partial charge in [0, 0.05) is 11.1 Å². The van der Waals surface area contributed by atoms with E-state index in [0.29, 0.717) is 16.9 Å². The lowest BCUT2D eigenvalue weighted by Gasteiger charge is -2.22. The molecule has 0 aliphatic heterocycles. The van der Waals surface area contributed by atoms with Crippen molar-refractivity contribution in [2.24, 2.45) is 0 Å². The van der Waals surface area contributed by atoms with Gasteiger partial charge in [-0.05, 0) is 38.0 Å². The number of Topliss-reactive ketones (excluding diaryl/α,β-unsaturated/α-hetero) is 1. The van der Waals surface area contributed by atoms with Crippen molar-refractivity contribution in [2.45, 2.75) is 50.0 Å². The molecule has 1 fully saturated rings. The zero-order valence-corrected chi connectivity index (χ0v) is 13.4. The monoisotopic (exact) mass is 310 g/mol. The minimum atomic E-state index is -3.20. The van der Waals surface area contributed by atoms with Crippen LogP contribution in [0.3, 0.4) is 0 Å². The lowest BCUT2D eigenvalue weighted by molar-refractivity contribution is 0.101. The molecular weight excluding hydrogens is 288 g/mol. The molecule has 21 heavy (non-hydrogen) atoms. The van der Waals surface area contributed by atoms with Crippen molar-refractivity contribution in [1.82, 2.24) is 0 Å². The average Bonchev–Trinajstić information content (AvgIpc) is 2.47. The van der Waals surface area contributed by atoms with Crippen molar-refractivity contribution in [3.63, 3.8) is 0 Å². The van der Waals surface area contributed by atoms with Gasteiger partial charge in [-0.25, -0.2) is 8.42 Å². The molecule has 0 saturated heterocycles. The molecule has 1 aliphatic carbocycles. The predicted octanol–water partition coefficient (Wildman–Crippen LogP) is 3.15. The Bertz CT molecular complexity index is 613. The molecule has 1 aromatic rings. The van der Waals surface area contributed by atoms with Crippen LogP contribution in [0.5, 0.6) is 5.75 Å². The molecule has 0 unspecified atom stereocenters. The first-order valence-corrected chi connectivity index (χ1v) is 9.05. The van der Waals surface area contributed by atoms with Crippen LogP contribution >= 0.6 is 0 Å². The van der Waals surface area contributed by atoms with Gasteiger partial charge in [-0.15, -0.1) is 0 Å². The summed E-state index contributed by atoms with van der Waals surface area (Å²) in [7, 11) is -1.69. The van der Waals surface area contributed by atoms with Crippen molar-refractivity contribution in [2.75, 3.05) is 7.11 Å². The number of carbonyl (C=O) groups is 1. The third kappa shape index (κ3) is 3.84. The highest BCUT2D eigenvalue weighted by Gasteiger charge is 2.28. The van der Waals surface area contributed by atoms with Crippen molar-refractivity contribution in [1.29, 1.82) is 0 Å². The SMILES string of the molecule is COc1ccc(C(C)=O)cc1CS(=O)(=O)C1CCCCC1.